The average molecular weight is 352 g/mol. The Kier molecular flexibility index (Phi) is 8.78. The molecule has 0 aromatic heterocycles. The molecule has 1 aromatic rings. The van der Waals surface area contributed by atoms with Gasteiger partial charge in [0.05, 0.1) is 20.1 Å². The number of amides is 1. The Morgan fingerprint density at radius 2 is 1.83 bits per heavy atom. The minimum Gasteiger partial charge on any atom is -0.494 e. The van der Waals surface area contributed by atoms with Gasteiger partial charge in [0.15, 0.2) is 5.11 Å². The molecule has 0 saturated heterocycles. The Balaban J connectivity index is 2.36. The van der Waals surface area contributed by atoms with Crippen LogP contribution in [0.15, 0.2) is 24.3 Å². The molecular formula is C17H24N2O4S. The maximum absolute atomic E-state index is 11.6. The summed E-state index contributed by atoms with van der Waals surface area (Å²) in [6.45, 7) is 4.98. The number of hydrogen-bond acceptors (Lipinski definition) is 5. The molecule has 1 aromatic carbocycles. The lowest BCUT2D eigenvalue weighted by atomic mass is 10.1. The number of esters is 1. The molecule has 1 rings (SSSR count). The van der Waals surface area contributed by atoms with Gasteiger partial charge in [-0.1, -0.05) is 13.8 Å². The van der Waals surface area contributed by atoms with E-state index in [1.807, 2.05) is 24.3 Å². The highest BCUT2D eigenvalue weighted by Gasteiger charge is 2.08. The fraction of sp³-hybridized carbons (Fsp3) is 0.471. The van der Waals surface area contributed by atoms with Crippen LogP contribution in [0.4, 0.5) is 5.69 Å². The average Bonchev–Trinajstić information content (AvgIpc) is 2.53. The summed E-state index contributed by atoms with van der Waals surface area (Å²) in [5, 5.41) is 5.59. The molecule has 1 amide bonds. The number of benzene rings is 1. The van der Waals surface area contributed by atoms with Crippen LogP contribution in [0.3, 0.4) is 0 Å². The maximum Gasteiger partial charge on any atom is 0.306 e. The molecule has 0 fully saturated rings. The van der Waals surface area contributed by atoms with Gasteiger partial charge in [0.25, 0.3) is 0 Å². The zero-order chi connectivity index (χ0) is 17.9. The molecule has 0 bridgehead atoms. The molecule has 2 N–H and O–H groups in total. The van der Waals surface area contributed by atoms with Gasteiger partial charge in [-0.3, -0.25) is 9.59 Å². The summed E-state index contributed by atoms with van der Waals surface area (Å²) in [5.41, 5.74) is 0.740. The van der Waals surface area contributed by atoms with Crippen LogP contribution in [0.5, 0.6) is 5.75 Å². The third-order valence-corrected chi connectivity index (χ3v) is 3.32. The van der Waals surface area contributed by atoms with Gasteiger partial charge in [-0.25, -0.2) is 0 Å². The zero-order valence-electron chi connectivity index (χ0n) is 14.3. The fourth-order valence-corrected chi connectivity index (χ4v) is 1.95. The molecule has 7 heteroatoms. The third-order valence-electron chi connectivity index (χ3n) is 3.11. The Morgan fingerprint density at radius 3 is 2.42 bits per heavy atom. The zero-order valence-corrected chi connectivity index (χ0v) is 15.1. The van der Waals surface area contributed by atoms with Crippen LogP contribution in [0.1, 0.15) is 33.1 Å². The standard InChI is InChI=1S/C17H24N2O4S/c1-12(2)10-11-23-14-6-4-13(5-7-14)18-17(24)19-15(20)8-9-16(21)22-3/h4-7,12H,8-11H2,1-3H3,(H2,18,19,20,24). The second kappa shape index (κ2) is 10.6. The molecule has 24 heavy (non-hydrogen) atoms. The van der Waals surface area contributed by atoms with Crippen molar-refractivity contribution in [1.82, 2.24) is 5.32 Å². The van der Waals surface area contributed by atoms with Crippen molar-refractivity contribution >= 4 is 34.9 Å². The molecule has 0 radical (unpaired) electrons. The van der Waals surface area contributed by atoms with Gasteiger partial charge < -0.3 is 20.1 Å². The molecule has 0 heterocycles. The molecule has 6 nitrogen and oxygen atoms in total. The number of nitrogens with one attached hydrogen (secondary N) is 2. The summed E-state index contributed by atoms with van der Waals surface area (Å²) < 4.78 is 10.1. The van der Waals surface area contributed by atoms with E-state index >= 15 is 0 Å². The van der Waals surface area contributed by atoms with E-state index < -0.39 is 5.97 Å². The smallest absolute Gasteiger partial charge is 0.306 e. The molecule has 0 atom stereocenters. The number of carbonyl (C=O) groups excluding carboxylic acids is 2. The minimum absolute atomic E-state index is 0.0212. The highest BCUT2D eigenvalue weighted by Crippen LogP contribution is 2.16. The van der Waals surface area contributed by atoms with Gasteiger partial charge in [0, 0.05) is 12.1 Å². The summed E-state index contributed by atoms with van der Waals surface area (Å²) in [4.78, 5) is 22.6. The normalized spacial score (nSPS) is 10.2. The molecule has 0 aliphatic heterocycles. The number of carbonyl (C=O) groups is 2. The highest BCUT2D eigenvalue weighted by molar-refractivity contribution is 7.80. The van der Waals surface area contributed by atoms with Crippen LogP contribution in [0, 0.1) is 5.92 Å². The summed E-state index contributed by atoms with van der Waals surface area (Å²) in [5.74, 6) is 0.615. The van der Waals surface area contributed by atoms with E-state index in [1.165, 1.54) is 7.11 Å². The van der Waals surface area contributed by atoms with Crippen LogP contribution in [0.2, 0.25) is 0 Å². The maximum atomic E-state index is 11.6. The van der Waals surface area contributed by atoms with E-state index in [0.29, 0.717) is 12.5 Å². The molecule has 0 aliphatic rings. The van der Waals surface area contributed by atoms with E-state index in [-0.39, 0.29) is 23.9 Å². The lowest BCUT2D eigenvalue weighted by Crippen LogP contribution is -2.34. The van der Waals surface area contributed by atoms with Crippen LogP contribution < -0.4 is 15.4 Å². The predicted molar refractivity (Wildman–Crippen MR) is 97.0 cm³/mol. The Morgan fingerprint density at radius 1 is 1.17 bits per heavy atom. The SMILES string of the molecule is COC(=O)CCC(=O)NC(=S)Nc1ccc(OCCC(C)C)cc1. The lowest BCUT2D eigenvalue weighted by molar-refractivity contribution is -0.142. The molecule has 0 saturated carbocycles. The van der Waals surface area contributed by atoms with Crippen LogP contribution in [-0.2, 0) is 14.3 Å². The van der Waals surface area contributed by atoms with Crippen LogP contribution >= 0.6 is 12.2 Å². The first-order valence-electron chi connectivity index (χ1n) is 7.81. The summed E-state index contributed by atoms with van der Waals surface area (Å²) in [6, 6.07) is 7.31. The number of anilines is 1. The van der Waals surface area contributed by atoms with Crippen molar-refractivity contribution in [3.05, 3.63) is 24.3 Å². The number of methoxy groups -OCH3 is 1. The first-order valence-corrected chi connectivity index (χ1v) is 8.22. The Hall–Kier alpha value is -2.15. The second-order valence-corrected chi connectivity index (χ2v) is 6.04. The van der Waals surface area contributed by atoms with Crippen molar-refractivity contribution in [1.29, 1.82) is 0 Å². The number of thiocarbonyl (C=S) groups is 1. The molecular weight excluding hydrogens is 328 g/mol. The van der Waals surface area contributed by atoms with E-state index in [4.69, 9.17) is 17.0 Å². The first kappa shape index (κ1) is 19.9. The van der Waals surface area contributed by atoms with Gasteiger partial charge in [-0.2, -0.15) is 0 Å². The quantitative estimate of drug-likeness (QED) is 0.553. The van der Waals surface area contributed by atoms with Crippen molar-refractivity contribution in [2.45, 2.75) is 33.1 Å². The van der Waals surface area contributed by atoms with Crippen molar-refractivity contribution in [2.75, 3.05) is 19.0 Å². The summed E-state index contributed by atoms with van der Waals surface area (Å²) in [7, 11) is 1.28. The molecule has 0 spiro atoms. The highest BCUT2D eigenvalue weighted by atomic mass is 32.1. The molecule has 132 valence electrons. The monoisotopic (exact) mass is 352 g/mol. The number of hydrogen-bond donors (Lipinski definition) is 2. The van der Waals surface area contributed by atoms with Gasteiger partial charge in [0.1, 0.15) is 5.75 Å². The van der Waals surface area contributed by atoms with E-state index in [1.54, 1.807) is 0 Å². The molecule has 0 unspecified atom stereocenters. The van der Waals surface area contributed by atoms with Gasteiger partial charge >= 0.3 is 5.97 Å². The van der Waals surface area contributed by atoms with E-state index in [2.05, 4.69) is 29.2 Å². The van der Waals surface area contributed by atoms with Crippen molar-refractivity contribution in [3.63, 3.8) is 0 Å². The van der Waals surface area contributed by atoms with Gasteiger partial charge in [0.2, 0.25) is 5.91 Å². The van der Waals surface area contributed by atoms with Gasteiger partial charge in [-0.15, -0.1) is 0 Å². The predicted octanol–water partition coefficient (Wildman–Crippen LogP) is 2.88. The summed E-state index contributed by atoms with van der Waals surface area (Å²) >= 11 is 5.06. The second-order valence-electron chi connectivity index (χ2n) is 5.63. The van der Waals surface area contributed by atoms with E-state index in [0.717, 1.165) is 17.9 Å². The van der Waals surface area contributed by atoms with Gasteiger partial charge in [-0.05, 0) is 48.8 Å². The Bertz CT molecular complexity index is 558. The first-order chi connectivity index (χ1) is 11.4. The molecule has 0 aliphatic carbocycles. The number of ether oxygens (including phenoxy) is 2. The fourth-order valence-electron chi connectivity index (χ4n) is 1.72. The van der Waals surface area contributed by atoms with Crippen molar-refractivity contribution in [2.24, 2.45) is 5.92 Å². The number of rotatable bonds is 8. The largest absolute Gasteiger partial charge is 0.494 e. The lowest BCUT2D eigenvalue weighted by Gasteiger charge is -2.11. The minimum atomic E-state index is -0.433. The summed E-state index contributed by atoms with van der Waals surface area (Å²) in [6.07, 6.45) is 1.05. The topological polar surface area (TPSA) is 76.7 Å². The Labute approximate surface area is 147 Å². The van der Waals surface area contributed by atoms with Crippen molar-refractivity contribution < 1.29 is 19.1 Å². The third kappa shape index (κ3) is 8.47. The van der Waals surface area contributed by atoms with Crippen LogP contribution in [0.25, 0.3) is 0 Å². The van der Waals surface area contributed by atoms with Crippen LogP contribution in [-0.4, -0.2) is 30.7 Å². The van der Waals surface area contributed by atoms with Crippen molar-refractivity contribution in [3.8, 4) is 5.75 Å². The van der Waals surface area contributed by atoms with E-state index in [9.17, 15) is 9.59 Å².